The second-order valence-electron chi connectivity index (χ2n) is 4.42. The third kappa shape index (κ3) is 3.88. The highest BCUT2D eigenvalue weighted by Gasteiger charge is 2.22. The number of rotatable bonds is 6. The number of benzene rings is 1. The molecular formula is C14H16N2O3. The topological polar surface area (TPSA) is 71.3 Å². The van der Waals surface area contributed by atoms with Gasteiger partial charge in [-0.25, -0.2) is 0 Å². The Bertz CT molecular complexity index is 504. The van der Waals surface area contributed by atoms with E-state index in [1.54, 1.807) is 18.2 Å². The van der Waals surface area contributed by atoms with Gasteiger partial charge in [-0.15, -0.1) is 0 Å². The molecule has 1 amide bonds. The minimum atomic E-state index is 0.00936. The van der Waals surface area contributed by atoms with Crippen molar-refractivity contribution in [3.05, 3.63) is 23.8 Å². The molecule has 100 valence electrons. The Labute approximate surface area is 112 Å². The first-order valence-electron chi connectivity index (χ1n) is 6.23. The number of methoxy groups -OCH3 is 1. The van der Waals surface area contributed by atoms with Crippen LogP contribution in [0.15, 0.2) is 18.2 Å². The van der Waals surface area contributed by atoms with Gasteiger partial charge in [0.05, 0.1) is 31.8 Å². The Morgan fingerprint density at radius 2 is 2.26 bits per heavy atom. The van der Waals surface area contributed by atoms with Crippen molar-refractivity contribution in [3.8, 4) is 17.6 Å². The van der Waals surface area contributed by atoms with E-state index in [0.717, 1.165) is 12.8 Å². The molecule has 1 aromatic rings. The second-order valence-corrected chi connectivity index (χ2v) is 4.42. The average molecular weight is 260 g/mol. The van der Waals surface area contributed by atoms with Crippen molar-refractivity contribution in [2.24, 2.45) is 0 Å². The van der Waals surface area contributed by atoms with Gasteiger partial charge in [-0.1, -0.05) is 0 Å². The molecule has 1 N–H and O–H groups in total. The summed E-state index contributed by atoms with van der Waals surface area (Å²) in [6.07, 6.45) is 2.48. The van der Waals surface area contributed by atoms with Crippen LogP contribution in [0.25, 0.3) is 0 Å². The van der Waals surface area contributed by atoms with Crippen LogP contribution in [-0.4, -0.2) is 25.7 Å². The van der Waals surface area contributed by atoms with E-state index in [-0.39, 0.29) is 5.91 Å². The molecule has 2 rings (SSSR count). The van der Waals surface area contributed by atoms with Crippen molar-refractivity contribution >= 4 is 5.91 Å². The Hall–Kier alpha value is -2.22. The number of hydrogen-bond donors (Lipinski definition) is 1. The zero-order chi connectivity index (χ0) is 13.7. The molecule has 19 heavy (non-hydrogen) atoms. The molecule has 1 aromatic carbocycles. The fourth-order valence-electron chi connectivity index (χ4n) is 1.64. The molecule has 0 aliphatic heterocycles. The third-order valence-electron chi connectivity index (χ3n) is 2.82. The number of carbonyl (C=O) groups is 1. The van der Waals surface area contributed by atoms with Gasteiger partial charge in [0.15, 0.2) is 11.5 Å². The van der Waals surface area contributed by atoms with Gasteiger partial charge in [0.25, 0.3) is 0 Å². The predicted octanol–water partition coefficient (Wildman–Crippen LogP) is 1.61. The smallest absolute Gasteiger partial charge is 0.223 e. The van der Waals surface area contributed by atoms with E-state index in [0.29, 0.717) is 36.1 Å². The first kappa shape index (κ1) is 13.2. The second kappa shape index (κ2) is 6.10. The van der Waals surface area contributed by atoms with E-state index >= 15 is 0 Å². The maximum absolute atomic E-state index is 11.5. The van der Waals surface area contributed by atoms with Crippen molar-refractivity contribution < 1.29 is 14.3 Å². The molecule has 1 saturated carbocycles. The van der Waals surface area contributed by atoms with Crippen LogP contribution in [0.4, 0.5) is 0 Å². The molecule has 1 aliphatic carbocycles. The fraction of sp³-hybridized carbons (Fsp3) is 0.429. The monoisotopic (exact) mass is 260 g/mol. The van der Waals surface area contributed by atoms with E-state index in [9.17, 15) is 4.79 Å². The van der Waals surface area contributed by atoms with E-state index in [2.05, 4.69) is 5.32 Å². The summed E-state index contributed by atoms with van der Waals surface area (Å²) in [6, 6.07) is 7.35. The van der Waals surface area contributed by atoms with Crippen molar-refractivity contribution in [1.29, 1.82) is 5.26 Å². The van der Waals surface area contributed by atoms with Gasteiger partial charge in [0.2, 0.25) is 5.91 Å². The Balaban J connectivity index is 1.84. The van der Waals surface area contributed by atoms with Gasteiger partial charge in [0.1, 0.15) is 0 Å². The summed E-state index contributed by atoms with van der Waals surface area (Å²) in [5.74, 6) is 1.05. The lowest BCUT2D eigenvalue weighted by molar-refractivity contribution is -0.121. The average Bonchev–Trinajstić information content (AvgIpc) is 3.22. The number of hydrogen-bond acceptors (Lipinski definition) is 4. The molecule has 0 unspecified atom stereocenters. The summed E-state index contributed by atoms with van der Waals surface area (Å²) in [6.45, 7) is 0.292. The minimum absolute atomic E-state index is 0.00936. The fourth-order valence-corrected chi connectivity index (χ4v) is 1.64. The molecule has 0 saturated heterocycles. The van der Waals surface area contributed by atoms with Gasteiger partial charge >= 0.3 is 0 Å². The lowest BCUT2D eigenvalue weighted by atomic mass is 10.2. The summed E-state index contributed by atoms with van der Waals surface area (Å²) >= 11 is 0. The van der Waals surface area contributed by atoms with Gasteiger partial charge in [-0.05, 0) is 25.0 Å². The van der Waals surface area contributed by atoms with Crippen LogP contribution >= 0.6 is 0 Å². The number of nitrogens with one attached hydrogen (secondary N) is 1. The maximum atomic E-state index is 11.5. The molecule has 0 bridgehead atoms. The molecule has 1 fully saturated rings. The number of nitrogens with zero attached hydrogens (tertiary/aromatic N) is 1. The van der Waals surface area contributed by atoms with E-state index in [4.69, 9.17) is 14.7 Å². The SMILES string of the molecule is COc1cc(C#N)ccc1OCCC(=O)NC1CC1. The molecule has 0 spiro atoms. The van der Waals surface area contributed by atoms with Gasteiger partial charge in [-0.3, -0.25) is 4.79 Å². The highest BCUT2D eigenvalue weighted by Crippen LogP contribution is 2.27. The van der Waals surface area contributed by atoms with Gasteiger partial charge < -0.3 is 14.8 Å². The Morgan fingerprint density at radius 3 is 2.89 bits per heavy atom. The van der Waals surface area contributed by atoms with Crippen LogP contribution < -0.4 is 14.8 Å². The van der Waals surface area contributed by atoms with Crippen molar-refractivity contribution in [3.63, 3.8) is 0 Å². The van der Waals surface area contributed by atoms with Crippen LogP contribution in [0.2, 0.25) is 0 Å². The van der Waals surface area contributed by atoms with E-state index in [1.807, 2.05) is 6.07 Å². The van der Waals surface area contributed by atoms with Gasteiger partial charge in [-0.2, -0.15) is 5.26 Å². The Morgan fingerprint density at radius 1 is 1.47 bits per heavy atom. The predicted molar refractivity (Wildman–Crippen MR) is 69.0 cm³/mol. The quantitative estimate of drug-likeness (QED) is 0.843. The zero-order valence-corrected chi connectivity index (χ0v) is 10.8. The number of nitriles is 1. The lowest BCUT2D eigenvalue weighted by Crippen LogP contribution is -2.26. The lowest BCUT2D eigenvalue weighted by Gasteiger charge is -2.10. The molecule has 1 aliphatic rings. The van der Waals surface area contributed by atoms with Crippen molar-refractivity contribution in [2.45, 2.75) is 25.3 Å². The standard InChI is InChI=1S/C14H16N2O3/c1-18-13-8-10(9-15)2-5-12(13)19-7-6-14(17)16-11-3-4-11/h2,5,8,11H,3-4,6-7H2,1H3,(H,16,17). The molecule has 0 atom stereocenters. The molecule has 0 radical (unpaired) electrons. The van der Waals surface area contributed by atoms with Gasteiger partial charge in [0, 0.05) is 12.1 Å². The summed E-state index contributed by atoms with van der Waals surface area (Å²) in [5.41, 5.74) is 0.510. The zero-order valence-electron chi connectivity index (χ0n) is 10.8. The molecule has 5 heteroatoms. The number of amides is 1. The highest BCUT2D eigenvalue weighted by atomic mass is 16.5. The van der Waals surface area contributed by atoms with Crippen LogP contribution in [0.3, 0.4) is 0 Å². The third-order valence-corrected chi connectivity index (χ3v) is 2.82. The van der Waals surface area contributed by atoms with Crippen LogP contribution in [-0.2, 0) is 4.79 Å². The Kier molecular flexibility index (Phi) is 4.24. The van der Waals surface area contributed by atoms with Crippen molar-refractivity contribution in [1.82, 2.24) is 5.32 Å². The summed E-state index contributed by atoms with van der Waals surface area (Å²) in [5, 5.41) is 11.7. The molecular weight excluding hydrogens is 244 g/mol. The molecule has 5 nitrogen and oxygen atoms in total. The minimum Gasteiger partial charge on any atom is -0.493 e. The van der Waals surface area contributed by atoms with E-state index in [1.165, 1.54) is 7.11 Å². The first-order valence-corrected chi connectivity index (χ1v) is 6.23. The van der Waals surface area contributed by atoms with Crippen LogP contribution in [0.1, 0.15) is 24.8 Å². The van der Waals surface area contributed by atoms with Crippen LogP contribution in [0, 0.1) is 11.3 Å². The van der Waals surface area contributed by atoms with Crippen LogP contribution in [0.5, 0.6) is 11.5 Å². The first-order chi connectivity index (χ1) is 9.22. The number of ether oxygens (including phenoxy) is 2. The summed E-state index contributed by atoms with van der Waals surface area (Å²) in [7, 11) is 1.52. The summed E-state index contributed by atoms with van der Waals surface area (Å²) in [4.78, 5) is 11.5. The molecule has 0 heterocycles. The maximum Gasteiger partial charge on any atom is 0.223 e. The largest absolute Gasteiger partial charge is 0.493 e. The normalized spacial score (nSPS) is 13.5. The van der Waals surface area contributed by atoms with Crippen molar-refractivity contribution in [2.75, 3.05) is 13.7 Å². The summed E-state index contributed by atoms with van der Waals surface area (Å²) < 4.78 is 10.6. The molecule has 0 aromatic heterocycles. The van der Waals surface area contributed by atoms with E-state index < -0.39 is 0 Å². The highest BCUT2D eigenvalue weighted by molar-refractivity contribution is 5.76. The number of carbonyl (C=O) groups excluding carboxylic acids is 1.